The molecule has 2 aromatic rings. The largest absolute Gasteiger partial charge is 0.424 e. The molecule has 1 aromatic heterocycles. The number of hydrogen-bond acceptors (Lipinski definition) is 6. The van der Waals surface area contributed by atoms with Crippen LogP contribution in [0.2, 0.25) is 0 Å². The van der Waals surface area contributed by atoms with Gasteiger partial charge in [0.1, 0.15) is 5.75 Å². The number of ether oxygens (including phenoxy) is 1. The fraction of sp³-hybridized carbons (Fsp3) is 0.250. The van der Waals surface area contributed by atoms with Gasteiger partial charge in [-0.05, 0) is 46.9 Å². The van der Waals surface area contributed by atoms with Crippen LogP contribution in [0.3, 0.4) is 0 Å². The molecule has 1 aromatic carbocycles. The Labute approximate surface area is 125 Å². The van der Waals surface area contributed by atoms with E-state index in [1.807, 2.05) is 38.4 Å². The van der Waals surface area contributed by atoms with E-state index >= 15 is 0 Å². The summed E-state index contributed by atoms with van der Waals surface area (Å²) in [6.45, 7) is 0. The number of anilines is 2. The van der Waals surface area contributed by atoms with E-state index in [9.17, 15) is 0 Å². The lowest BCUT2D eigenvalue weighted by Crippen LogP contribution is -2.15. The van der Waals surface area contributed by atoms with E-state index in [4.69, 9.17) is 4.74 Å². The second-order valence-electron chi connectivity index (χ2n) is 3.94. The lowest BCUT2D eigenvalue weighted by atomic mass is 10.3. The van der Waals surface area contributed by atoms with Gasteiger partial charge in [-0.1, -0.05) is 0 Å². The highest BCUT2D eigenvalue weighted by atomic mass is 127. The molecule has 0 fully saturated rings. The number of nitrogens with zero attached hydrogens (tertiary/aromatic N) is 4. The maximum atomic E-state index is 5.63. The average molecular weight is 371 g/mol. The van der Waals surface area contributed by atoms with E-state index in [1.54, 1.807) is 11.9 Å². The maximum absolute atomic E-state index is 5.63. The summed E-state index contributed by atoms with van der Waals surface area (Å²) in [6, 6.07) is 7.94. The Kier molecular flexibility index (Phi) is 4.35. The van der Waals surface area contributed by atoms with Crippen LogP contribution in [0.25, 0.3) is 0 Å². The molecule has 0 saturated heterocycles. The molecule has 0 bridgehead atoms. The Hall–Kier alpha value is -1.64. The SMILES string of the molecule is CNc1nc(Oc2ccc(I)cc2)nc(N(C)C)n1. The van der Waals surface area contributed by atoms with Crippen molar-refractivity contribution in [3.05, 3.63) is 27.8 Å². The summed E-state index contributed by atoms with van der Waals surface area (Å²) in [4.78, 5) is 14.4. The van der Waals surface area contributed by atoms with Gasteiger partial charge in [0.15, 0.2) is 0 Å². The molecular formula is C12H14IN5O. The van der Waals surface area contributed by atoms with Crippen molar-refractivity contribution in [1.29, 1.82) is 0 Å². The molecule has 100 valence electrons. The zero-order valence-electron chi connectivity index (χ0n) is 10.9. The number of aromatic nitrogens is 3. The zero-order valence-corrected chi connectivity index (χ0v) is 13.0. The Morgan fingerprint density at radius 2 is 1.79 bits per heavy atom. The molecule has 0 atom stereocenters. The first kappa shape index (κ1) is 13.8. The summed E-state index contributed by atoms with van der Waals surface area (Å²) in [7, 11) is 5.48. The van der Waals surface area contributed by atoms with Crippen LogP contribution in [-0.4, -0.2) is 36.1 Å². The van der Waals surface area contributed by atoms with E-state index in [1.165, 1.54) is 0 Å². The summed E-state index contributed by atoms with van der Waals surface area (Å²) in [5.41, 5.74) is 0. The molecular weight excluding hydrogens is 357 g/mol. The first-order chi connectivity index (χ1) is 9.08. The molecule has 0 spiro atoms. The molecule has 0 saturated carbocycles. The molecule has 0 radical (unpaired) electrons. The smallest absolute Gasteiger partial charge is 0.328 e. The van der Waals surface area contributed by atoms with Crippen LogP contribution in [0.5, 0.6) is 11.8 Å². The predicted octanol–water partition coefficient (Wildman–Crippen LogP) is 2.38. The van der Waals surface area contributed by atoms with E-state index in [-0.39, 0.29) is 6.01 Å². The van der Waals surface area contributed by atoms with Crippen molar-refractivity contribution in [1.82, 2.24) is 15.0 Å². The second kappa shape index (κ2) is 6.00. The van der Waals surface area contributed by atoms with Crippen LogP contribution in [0.4, 0.5) is 11.9 Å². The van der Waals surface area contributed by atoms with Gasteiger partial charge >= 0.3 is 6.01 Å². The van der Waals surface area contributed by atoms with Gasteiger partial charge < -0.3 is 15.0 Å². The van der Waals surface area contributed by atoms with E-state index < -0.39 is 0 Å². The van der Waals surface area contributed by atoms with Crippen LogP contribution in [-0.2, 0) is 0 Å². The quantitative estimate of drug-likeness (QED) is 0.833. The van der Waals surface area contributed by atoms with E-state index in [0.717, 1.165) is 3.57 Å². The summed E-state index contributed by atoms with van der Waals surface area (Å²) >= 11 is 2.24. The van der Waals surface area contributed by atoms with Gasteiger partial charge in [0.05, 0.1) is 0 Å². The molecule has 0 aliphatic carbocycles. The predicted molar refractivity (Wildman–Crippen MR) is 82.9 cm³/mol. The van der Waals surface area contributed by atoms with Crippen LogP contribution in [0.1, 0.15) is 0 Å². The van der Waals surface area contributed by atoms with Gasteiger partial charge in [0.2, 0.25) is 11.9 Å². The third-order valence-corrected chi connectivity index (χ3v) is 2.97. The van der Waals surface area contributed by atoms with Gasteiger partial charge in [-0.25, -0.2) is 0 Å². The molecule has 2 rings (SSSR count). The number of halogens is 1. The van der Waals surface area contributed by atoms with E-state index in [0.29, 0.717) is 17.6 Å². The monoisotopic (exact) mass is 371 g/mol. The normalized spacial score (nSPS) is 10.1. The van der Waals surface area contributed by atoms with Crippen LogP contribution in [0, 0.1) is 3.57 Å². The fourth-order valence-corrected chi connectivity index (χ4v) is 1.67. The standard InChI is InChI=1S/C12H14IN5O/c1-14-10-15-11(18(2)3)17-12(16-10)19-9-6-4-8(13)5-7-9/h4-7H,1-3H3,(H,14,15,16,17). The lowest BCUT2D eigenvalue weighted by molar-refractivity contribution is 0.440. The summed E-state index contributed by atoms with van der Waals surface area (Å²) in [5.74, 6) is 1.71. The van der Waals surface area contributed by atoms with Gasteiger partial charge in [-0.3, -0.25) is 0 Å². The number of nitrogens with one attached hydrogen (secondary N) is 1. The maximum Gasteiger partial charge on any atom is 0.328 e. The number of hydrogen-bond donors (Lipinski definition) is 1. The fourth-order valence-electron chi connectivity index (χ4n) is 1.31. The van der Waals surface area contributed by atoms with Crippen molar-refractivity contribution in [2.45, 2.75) is 0 Å². The molecule has 0 aliphatic heterocycles. The minimum Gasteiger partial charge on any atom is -0.424 e. The van der Waals surface area contributed by atoms with Crippen molar-refractivity contribution in [3.63, 3.8) is 0 Å². The minimum atomic E-state index is 0.268. The molecule has 6 nitrogen and oxygen atoms in total. The lowest BCUT2D eigenvalue weighted by Gasteiger charge is -2.12. The molecule has 0 unspecified atom stereocenters. The average Bonchev–Trinajstić information content (AvgIpc) is 2.41. The van der Waals surface area contributed by atoms with Crippen molar-refractivity contribution in [2.75, 3.05) is 31.4 Å². The van der Waals surface area contributed by atoms with Crippen molar-refractivity contribution in [3.8, 4) is 11.8 Å². The Bertz CT molecular complexity index is 559. The molecule has 1 N–H and O–H groups in total. The molecule has 7 heteroatoms. The Morgan fingerprint density at radius 3 is 2.37 bits per heavy atom. The molecule has 1 heterocycles. The van der Waals surface area contributed by atoms with Crippen LogP contribution in [0.15, 0.2) is 24.3 Å². The van der Waals surface area contributed by atoms with Gasteiger partial charge in [0.25, 0.3) is 0 Å². The summed E-state index contributed by atoms with van der Waals surface area (Å²) in [6.07, 6.45) is 0. The number of rotatable bonds is 4. The summed E-state index contributed by atoms with van der Waals surface area (Å²) < 4.78 is 6.78. The highest BCUT2D eigenvalue weighted by Crippen LogP contribution is 2.21. The van der Waals surface area contributed by atoms with Crippen LogP contribution >= 0.6 is 22.6 Å². The second-order valence-corrected chi connectivity index (χ2v) is 5.19. The molecule has 0 amide bonds. The highest BCUT2D eigenvalue weighted by molar-refractivity contribution is 14.1. The molecule has 19 heavy (non-hydrogen) atoms. The van der Waals surface area contributed by atoms with Crippen molar-refractivity contribution >= 4 is 34.5 Å². The van der Waals surface area contributed by atoms with Gasteiger partial charge in [-0.15, -0.1) is 0 Å². The first-order valence-electron chi connectivity index (χ1n) is 5.63. The Morgan fingerprint density at radius 1 is 1.11 bits per heavy atom. The van der Waals surface area contributed by atoms with Crippen LogP contribution < -0.4 is 15.0 Å². The summed E-state index contributed by atoms with van der Waals surface area (Å²) in [5, 5.41) is 2.89. The third kappa shape index (κ3) is 3.66. The Balaban J connectivity index is 2.28. The number of benzene rings is 1. The third-order valence-electron chi connectivity index (χ3n) is 2.25. The highest BCUT2D eigenvalue weighted by Gasteiger charge is 2.09. The van der Waals surface area contributed by atoms with Crippen molar-refractivity contribution < 1.29 is 4.74 Å². The van der Waals surface area contributed by atoms with Crippen molar-refractivity contribution in [2.24, 2.45) is 0 Å². The zero-order chi connectivity index (χ0) is 13.8. The van der Waals surface area contributed by atoms with Gasteiger partial charge in [0, 0.05) is 24.7 Å². The van der Waals surface area contributed by atoms with Gasteiger partial charge in [-0.2, -0.15) is 15.0 Å². The molecule has 0 aliphatic rings. The topological polar surface area (TPSA) is 63.2 Å². The van der Waals surface area contributed by atoms with E-state index in [2.05, 4.69) is 42.9 Å². The minimum absolute atomic E-state index is 0.268. The first-order valence-corrected chi connectivity index (χ1v) is 6.71.